The molecule has 94 valence electrons. The van der Waals surface area contributed by atoms with Gasteiger partial charge in [-0.15, -0.1) is 11.6 Å². The van der Waals surface area contributed by atoms with Crippen LogP contribution in [0, 0.1) is 11.6 Å². The molecule has 2 aromatic carbocycles. The van der Waals surface area contributed by atoms with E-state index in [1.165, 1.54) is 18.2 Å². The van der Waals surface area contributed by atoms with Crippen molar-refractivity contribution in [1.29, 1.82) is 0 Å². The van der Waals surface area contributed by atoms with Gasteiger partial charge < -0.3 is 0 Å². The Morgan fingerprint density at radius 3 is 2.17 bits per heavy atom. The molecular weight excluding hydrogens is 300 g/mol. The normalized spacial score (nSPS) is 12.5. The lowest BCUT2D eigenvalue weighted by Crippen LogP contribution is -2.01. The molecule has 0 aromatic heterocycles. The molecule has 0 aliphatic carbocycles. The molecule has 0 bridgehead atoms. The zero-order valence-electron chi connectivity index (χ0n) is 8.93. The first-order valence-corrected chi connectivity index (χ1v) is 6.23. The van der Waals surface area contributed by atoms with Gasteiger partial charge in [0.1, 0.15) is 11.6 Å². The van der Waals surface area contributed by atoms with Gasteiger partial charge >= 0.3 is 0 Å². The molecule has 0 saturated heterocycles. The Bertz CT molecular complexity index is 564. The van der Waals surface area contributed by atoms with Gasteiger partial charge in [-0.2, -0.15) is 0 Å². The summed E-state index contributed by atoms with van der Waals surface area (Å²) in [6.07, 6.45) is 0. The third kappa shape index (κ3) is 2.61. The first-order chi connectivity index (χ1) is 8.50. The van der Waals surface area contributed by atoms with Gasteiger partial charge in [0.25, 0.3) is 0 Å². The molecule has 0 spiro atoms. The highest BCUT2D eigenvalue weighted by atomic mass is 35.5. The van der Waals surface area contributed by atoms with Gasteiger partial charge in [0.15, 0.2) is 0 Å². The number of alkyl halides is 1. The van der Waals surface area contributed by atoms with Crippen LogP contribution in [0.25, 0.3) is 0 Å². The fourth-order valence-corrected chi connectivity index (χ4v) is 2.47. The molecule has 1 unspecified atom stereocenters. The van der Waals surface area contributed by atoms with Crippen molar-refractivity contribution in [3.63, 3.8) is 0 Å². The lowest BCUT2D eigenvalue weighted by molar-refractivity contribution is 0.559. The molecule has 0 fully saturated rings. The van der Waals surface area contributed by atoms with Gasteiger partial charge in [-0.05, 0) is 35.9 Å². The molecule has 0 amide bonds. The summed E-state index contributed by atoms with van der Waals surface area (Å²) in [5.74, 6) is -1.43. The molecule has 2 rings (SSSR count). The van der Waals surface area contributed by atoms with Crippen molar-refractivity contribution in [2.45, 2.75) is 5.38 Å². The van der Waals surface area contributed by atoms with E-state index in [1.807, 2.05) is 0 Å². The molecule has 0 heterocycles. The molecule has 2 aromatic rings. The van der Waals surface area contributed by atoms with Gasteiger partial charge in [0.2, 0.25) is 0 Å². The van der Waals surface area contributed by atoms with Crippen molar-refractivity contribution in [1.82, 2.24) is 0 Å². The van der Waals surface area contributed by atoms with E-state index in [-0.39, 0.29) is 5.56 Å². The Balaban J connectivity index is 2.54. The van der Waals surface area contributed by atoms with Crippen molar-refractivity contribution in [2.24, 2.45) is 0 Å². The zero-order chi connectivity index (χ0) is 13.3. The van der Waals surface area contributed by atoms with Gasteiger partial charge in [-0.3, -0.25) is 0 Å². The van der Waals surface area contributed by atoms with Gasteiger partial charge in [0, 0.05) is 15.6 Å². The summed E-state index contributed by atoms with van der Waals surface area (Å²) in [6.45, 7) is 0. The number of rotatable bonds is 2. The summed E-state index contributed by atoms with van der Waals surface area (Å²) < 4.78 is 27.2. The minimum atomic E-state index is -1.03. The van der Waals surface area contributed by atoms with E-state index in [1.54, 1.807) is 6.07 Å². The minimum Gasteiger partial charge on any atom is -0.207 e. The molecule has 0 saturated carbocycles. The second-order valence-corrected chi connectivity index (χ2v) is 4.94. The number of hydrogen-bond acceptors (Lipinski definition) is 0. The third-order valence-electron chi connectivity index (χ3n) is 2.48. The zero-order valence-corrected chi connectivity index (χ0v) is 11.2. The highest BCUT2D eigenvalue weighted by molar-refractivity contribution is 6.35. The molecule has 5 heteroatoms. The molecule has 0 nitrogen and oxygen atoms in total. The van der Waals surface area contributed by atoms with Crippen LogP contribution in [0.3, 0.4) is 0 Å². The van der Waals surface area contributed by atoms with Crippen LogP contribution in [0.2, 0.25) is 10.0 Å². The molecule has 0 aliphatic heterocycles. The van der Waals surface area contributed by atoms with Crippen LogP contribution in [0.15, 0.2) is 36.4 Å². The Hall–Kier alpha value is -0.830. The van der Waals surface area contributed by atoms with E-state index in [4.69, 9.17) is 34.8 Å². The van der Waals surface area contributed by atoms with E-state index in [2.05, 4.69) is 0 Å². The highest BCUT2D eigenvalue weighted by Crippen LogP contribution is 2.37. The van der Waals surface area contributed by atoms with Crippen LogP contribution in [-0.2, 0) is 0 Å². The number of benzene rings is 2. The summed E-state index contributed by atoms with van der Waals surface area (Å²) in [5.41, 5.74) is 0.137. The van der Waals surface area contributed by atoms with Crippen molar-refractivity contribution in [3.8, 4) is 0 Å². The van der Waals surface area contributed by atoms with Gasteiger partial charge in [-0.1, -0.05) is 29.3 Å². The Morgan fingerprint density at radius 2 is 1.56 bits per heavy atom. The van der Waals surface area contributed by atoms with Crippen molar-refractivity contribution in [3.05, 3.63) is 69.2 Å². The van der Waals surface area contributed by atoms with E-state index in [0.29, 0.717) is 15.6 Å². The average Bonchev–Trinajstić information content (AvgIpc) is 2.32. The Morgan fingerprint density at radius 1 is 0.944 bits per heavy atom. The van der Waals surface area contributed by atoms with Gasteiger partial charge in [0.05, 0.1) is 5.38 Å². The number of hydrogen-bond donors (Lipinski definition) is 0. The van der Waals surface area contributed by atoms with Crippen LogP contribution in [0.1, 0.15) is 16.5 Å². The molecule has 1 atom stereocenters. The van der Waals surface area contributed by atoms with E-state index in [9.17, 15) is 8.78 Å². The van der Waals surface area contributed by atoms with Crippen molar-refractivity contribution >= 4 is 34.8 Å². The molecule has 0 radical (unpaired) electrons. The van der Waals surface area contributed by atoms with Crippen LogP contribution in [0.4, 0.5) is 8.78 Å². The Labute approximate surface area is 118 Å². The summed E-state index contributed by atoms with van der Waals surface area (Å²) in [4.78, 5) is 0. The summed E-state index contributed by atoms with van der Waals surface area (Å²) in [7, 11) is 0. The van der Waals surface area contributed by atoms with Crippen LogP contribution < -0.4 is 0 Å². The average molecular weight is 308 g/mol. The second-order valence-electron chi connectivity index (χ2n) is 3.66. The lowest BCUT2D eigenvalue weighted by Gasteiger charge is -2.14. The molecule has 0 N–H and O–H groups in total. The topological polar surface area (TPSA) is 0 Å². The fourth-order valence-electron chi connectivity index (χ4n) is 1.62. The summed E-state index contributed by atoms with van der Waals surface area (Å²) in [6, 6.07) is 8.17. The second kappa shape index (κ2) is 5.43. The smallest absolute Gasteiger partial charge is 0.131 e. The maximum absolute atomic E-state index is 13.6. The maximum atomic E-state index is 13.6. The molecular formula is C13H7Cl3F2. The highest BCUT2D eigenvalue weighted by Gasteiger charge is 2.21. The maximum Gasteiger partial charge on any atom is 0.131 e. The van der Waals surface area contributed by atoms with Crippen LogP contribution in [0.5, 0.6) is 0 Å². The van der Waals surface area contributed by atoms with Gasteiger partial charge in [-0.25, -0.2) is 8.78 Å². The summed E-state index contributed by atoms with van der Waals surface area (Å²) in [5, 5.41) is -0.323. The predicted molar refractivity (Wildman–Crippen MR) is 70.5 cm³/mol. The first kappa shape index (κ1) is 13.6. The van der Waals surface area contributed by atoms with Crippen LogP contribution >= 0.6 is 34.8 Å². The standard InChI is InChI=1S/C13H7Cl3F2/c14-7-4-5-9(15)8(6-7)13(16)12-10(17)2-1-3-11(12)18/h1-6,13H. The largest absolute Gasteiger partial charge is 0.207 e. The van der Waals surface area contributed by atoms with Crippen molar-refractivity contribution < 1.29 is 8.78 Å². The van der Waals surface area contributed by atoms with Crippen LogP contribution in [-0.4, -0.2) is 0 Å². The monoisotopic (exact) mass is 306 g/mol. The van der Waals surface area contributed by atoms with Crippen molar-refractivity contribution in [2.75, 3.05) is 0 Å². The molecule has 18 heavy (non-hydrogen) atoms. The first-order valence-electron chi connectivity index (χ1n) is 5.03. The lowest BCUT2D eigenvalue weighted by atomic mass is 10.0. The van der Waals surface area contributed by atoms with E-state index < -0.39 is 17.0 Å². The number of halogens is 5. The SMILES string of the molecule is Fc1cccc(F)c1C(Cl)c1cc(Cl)ccc1Cl. The minimum absolute atomic E-state index is 0.233. The summed E-state index contributed by atoms with van der Waals surface area (Å²) >= 11 is 17.9. The predicted octanol–water partition coefficient (Wildman–Crippen LogP) is 5.60. The quantitative estimate of drug-likeness (QED) is 0.633. The van der Waals surface area contributed by atoms with E-state index in [0.717, 1.165) is 12.1 Å². The Kier molecular flexibility index (Phi) is 4.10. The van der Waals surface area contributed by atoms with E-state index >= 15 is 0 Å². The third-order valence-corrected chi connectivity index (χ3v) is 3.52. The fraction of sp³-hybridized carbons (Fsp3) is 0.0769. The molecule has 0 aliphatic rings.